The molecule has 0 aliphatic heterocycles. The van der Waals surface area contributed by atoms with Crippen molar-refractivity contribution in [3.8, 4) is 5.75 Å². The van der Waals surface area contributed by atoms with Gasteiger partial charge >= 0.3 is 0 Å². The maximum Gasteiger partial charge on any atom is 0.123 e. The average molecular weight is 219 g/mol. The molecule has 0 radical (unpaired) electrons. The Kier molecular flexibility index (Phi) is 3.20. The van der Waals surface area contributed by atoms with Gasteiger partial charge in [0.25, 0.3) is 0 Å². The lowest BCUT2D eigenvalue weighted by molar-refractivity contribution is -0.0130. The minimum atomic E-state index is 0.0350. The van der Waals surface area contributed by atoms with Crippen LogP contribution in [-0.2, 0) is 0 Å². The third-order valence-corrected chi connectivity index (χ3v) is 3.75. The number of ether oxygens (including phenoxy) is 1. The van der Waals surface area contributed by atoms with Gasteiger partial charge in [0.2, 0.25) is 0 Å². The summed E-state index contributed by atoms with van der Waals surface area (Å²) in [5.74, 6) is 1.04. The molecule has 1 aliphatic rings. The molecule has 0 atom stereocenters. The Morgan fingerprint density at radius 2 is 2.06 bits per heavy atom. The van der Waals surface area contributed by atoms with Crippen molar-refractivity contribution >= 4 is 0 Å². The van der Waals surface area contributed by atoms with Crippen molar-refractivity contribution < 1.29 is 4.74 Å². The van der Waals surface area contributed by atoms with E-state index in [9.17, 15) is 0 Å². The van der Waals surface area contributed by atoms with E-state index in [1.54, 1.807) is 0 Å². The van der Waals surface area contributed by atoms with E-state index in [2.05, 4.69) is 32.0 Å². The Labute approximate surface area is 97.8 Å². The van der Waals surface area contributed by atoms with Crippen LogP contribution in [0, 0.1) is 13.8 Å². The van der Waals surface area contributed by atoms with Gasteiger partial charge in [-0.1, -0.05) is 12.1 Å². The summed E-state index contributed by atoms with van der Waals surface area (Å²) in [7, 11) is 0. The molecule has 0 heterocycles. The molecule has 0 spiro atoms. The summed E-state index contributed by atoms with van der Waals surface area (Å²) in [4.78, 5) is 0. The fourth-order valence-corrected chi connectivity index (χ4v) is 2.31. The van der Waals surface area contributed by atoms with Crippen molar-refractivity contribution in [2.24, 2.45) is 5.73 Å². The molecule has 2 nitrogen and oxygen atoms in total. The van der Waals surface area contributed by atoms with Crippen molar-refractivity contribution in [3.63, 3.8) is 0 Å². The van der Waals surface area contributed by atoms with Gasteiger partial charge in [0.1, 0.15) is 11.4 Å². The Morgan fingerprint density at radius 1 is 1.31 bits per heavy atom. The lowest BCUT2D eigenvalue weighted by Gasteiger charge is -2.42. The van der Waals surface area contributed by atoms with E-state index in [0.29, 0.717) is 6.54 Å². The van der Waals surface area contributed by atoms with E-state index < -0.39 is 0 Å². The van der Waals surface area contributed by atoms with Crippen molar-refractivity contribution in [2.75, 3.05) is 6.54 Å². The first-order chi connectivity index (χ1) is 7.67. The molecule has 1 saturated carbocycles. The number of benzene rings is 1. The van der Waals surface area contributed by atoms with Crippen LogP contribution in [0.2, 0.25) is 0 Å². The highest BCUT2D eigenvalue weighted by Gasteiger charge is 2.38. The molecule has 0 bridgehead atoms. The predicted octanol–water partition coefficient (Wildman–Crippen LogP) is 2.95. The fraction of sp³-hybridized carbons (Fsp3) is 0.571. The van der Waals surface area contributed by atoms with Gasteiger partial charge in [-0.3, -0.25) is 0 Å². The zero-order valence-electron chi connectivity index (χ0n) is 10.3. The van der Waals surface area contributed by atoms with E-state index >= 15 is 0 Å². The van der Waals surface area contributed by atoms with Gasteiger partial charge in [-0.05, 0) is 63.3 Å². The summed E-state index contributed by atoms with van der Waals surface area (Å²) >= 11 is 0. The molecule has 2 rings (SSSR count). The smallest absolute Gasteiger partial charge is 0.123 e. The summed E-state index contributed by atoms with van der Waals surface area (Å²) in [6.45, 7) is 4.96. The molecule has 88 valence electrons. The molecule has 0 unspecified atom stereocenters. The summed E-state index contributed by atoms with van der Waals surface area (Å²) in [5.41, 5.74) is 8.25. The molecule has 0 saturated heterocycles. The number of aryl methyl sites for hydroxylation is 1. The quantitative estimate of drug-likeness (QED) is 0.845. The predicted molar refractivity (Wildman–Crippen MR) is 66.8 cm³/mol. The Hall–Kier alpha value is -1.02. The average Bonchev–Trinajstić information content (AvgIpc) is 2.21. The number of rotatable bonds is 4. The minimum absolute atomic E-state index is 0.0350. The van der Waals surface area contributed by atoms with Gasteiger partial charge in [0, 0.05) is 0 Å². The van der Waals surface area contributed by atoms with Crippen LogP contribution in [0.4, 0.5) is 0 Å². The zero-order chi connectivity index (χ0) is 11.6. The van der Waals surface area contributed by atoms with E-state index in [1.807, 2.05) is 0 Å². The van der Waals surface area contributed by atoms with Crippen LogP contribution in [0.5, 0.6) is 5.75 Å². The van der Waals surface area contributed by atoms with E-state index in [0.717, 1.165) is 25.0 Å². The number of hydrogen-bond donors (Lipinski definition) is 1. The van der Waals surface area contributed by atoms with Crippen molar-refractivity contribution in [3.05, 3.63) is 29.3 Å². The fourth-order valence-electron chi connectivity index (χ4n) is 2.31. The summed E-state index contributed by atoms with van der Waals surface area (Å²) in [6, 6.07) is 6.25. The molecule has 1 aromatic rings. The minimum Gasteiger partial charge on any atom is -0.487 e. The molecular formula is C14H21NO. The maximum absolute atomic E-state index is 6.21. The molecule has 0 aromatic heterocycles. The zero-order valence-corrected chi connectivity index (χ0v) is 10.3. The highest BCUT2D eigenvalue weighted by molar-refractivity contribution is 5.38. The van der Waals surface area contributed by atoms with E-state index in [4.69, 9.17) is 10.5 Å². The monoisotopic (exact) mass is 219 g/mol. The number of nitrogens with two attached hydrogens (primary N) is 1. The first kappa shape index (κ1) is 11.5. The van der Waals surface area contributed by atoms with Gasteiger partial charge in [0.15, 0.2) is 0 Å². The van der Waals surface area contributed by atoms with Crippen LogP contribution in [-0.4, -0.2) is 12.1 Å². The first-order valence-corrected chi connectivity index (χ1v) is 6.12. The maximum atomic E-state index is 6.21. The van der Waals surface area contributed by atoms with E-state index in [1.165, 1.54) is 17.5 Å². The Morgan fingerprint density at radius 3 is 2.62 bits per heavy atom. The highest BCUT2D eigenvalue weighted by Crippen LogP contribution is 2.40. The second-order valence-electron chi connectivity index (χ2n) is 4.88. The normalized spacial score (nSPS) is 17.9. The Bertz CT molecular complexity index is 369. The highest BCUT2D eigenvalue weighted by atomic mass is 16.5. The summed E-state index contributed by atoms with van der Waals surface area (Å²) in [5, 5.41) is 0. The van der Waals surface area contributed by atoms with Gasteiger partial charge < -0.3 is 10.5 Å². The Balaban J connectivity index is 2.16. The molecule has 1 aliphatic carbocycles. The summed E-state index contributed by atoms with van der Waals surface area (Å²) in [6.07, 6.45) is 4.54. The lowest BCUT2D eigenvalue weighted by atomic mass is 9.77. The van der Waals surface area contributed by atoms with Crippen LogP contribution in [0.1, 0.15) is 36.8 Å². The molecule has 0 amide bonds. The molecule has 1 aromatic carbocycles. The van der Waals surface area contributed by atoms with Gasteiger partial charge in [-0.25, -0.2) is 0 Å². The van der Waals surface area contributed by atoms with Crippen molar-refractivity contribution in [2.45, 2.75) is 45.1 Å². The first-order valence-electron chi connectivity index (χ1n) is 6.12. The van der Waals surface area contributed by atoms with Crippen LogP contribution in [0.3, 0.4) is 0 Å². The summed E-state index contributed by atoms with van der Waals surface area (Å²) < 4.78 is 6.21. The van der Waals surface area contributed by atoms with E-state index in [-0.39, 0.29) is 5.60 Å². The largest absolute Gasteiger partial charge is 0.487 e. The standard InChI is InChI=1S/C14H21NO/c1-11-5-3-6-13(12(11)2)16-14(9-10-15)7-4-8-14/h3,5-6H,4,7-10,15H2,1-2H3. The topological polar surface area (TPSA) is 35.2 Å². The van der Waals surface area contributed by atoms with Crippen LogP contribution >= 0.6 is 0 Å². The second kappa shape index (κ2) is 4.46. The van der Waals surface area contributed by atoms with Crippen LogP contribution in [0.25, 0.3) is 0 Å². The van der Waals surface area contributed by atoms with Crippen LogP contribution < -0.4 is 10.5 Å². The molecule has 16 heavy (non-hydrogen) atoms. The lowest BCUT2D eigenvalue weighted by Crippen LogP contribution is -2.44. The van der Waals surface area contributed by atoms with Gasteiger partial charge in [-0.15, -0.1) is 0 Å². The van der Waals surface area contributed by atoms with Gasteiger partial charge in [0.05, 0.1) is 0 Å². The van der Waals surface area contributed by atoms with Crippen LogP contribution in [0.15, 0.2) is 18.2 Å². The SMILES string of the molecule is Cc1cccc(OC2(CCN)CCC2)c1C. The van der Waals surface area contributed by atoms with Crippen molar-refractivity contribution in [1.29, 1.82) is 0 Å². The molecular weight excluding hydrogens is 198 g/mol. The third-order valence-electron chi connectivity index (χ3n) is 3.75. The molecule has 2 N–H and O–H groups in total. The van der Waals surface area contributed by atoms with Gasteiger partial charge in [-0.2, -0.15) is 0 Å². The molecule has 2 heteroatoms. The van der Waals surface area contributed by atoms with Crippen molar-refractivity contribution in [1.82, 2.24) is 0 Å². The second-order valence-corrected chi connectivity index (χ2v) is 4.88. The number of hydrogen-bond acceptors (Lipinski definition) is 2. The molecule has 1 fully saturated rings. The third kappa shape index (κ3) is 2.07.